The Hall–Kier alpha value is -0.960. The molecule has 0 fully saturated rings. The summed E-state index contributed by atoms with van der Waals surface area (Å²) in [7, 11) is 0. The Labute approximate surface area is 77.2 Å². The number of Topliss-reactive ketones (excluding diaryl/α,β-unsaturated/α-hetero) is 1. The third kappa shape index (κ3) is 1.80. The first-order valence-corrected chi connectivity index (χ1v) is 4.21. The maximum absolute atomic E-state index is 11.2. The number of hydrogen-bond acceptors (Lipinski definition) is 3. The number of anilines is 1. The second-order valence-electron chi connectivity index (χ2n) is 2.55. The van der Waals surface area contributed by atoms with Gasteiger partial charge in [0.25, 0.3) is 0 Å². The van der Waals surface area contributed by atoms with Gasteiger partial charge in [-0.25, -0.2) is 0 Å². The van der Waals surface area contributed by atoms with Crippen molar-refractivity contribution in [3.05, 3.63) is 23.8 Å². The van der Waals surface area contributed by atoms with Crippen LogP contribution in [0.2, 0.25) is 0 Å². The highest BCUT2D eigenvalue weighted by Gasteiger charge is 2.06. The summed E-state index contributed by atoms with van der Waals surface area (Å²) in [5, 5.41) is 0. The minimum Gasteiger partial charge on any atom is -0.398 e. The van der Waals surface area contributed by atoms with Crippen molar-refractivity contribution < 1.29 is 4.79 Å². The molecule has 0 bridgehead atoms. The van der Waals surface area contributed by atoms with Gasteiger partial charge in [0.05, 0.1) is 0 Å². The Morgan fingerprint density at radius 1 is 1.58 bits per heavy atom. The molecular formula is C9H11NOS. The third-order valence-electron chi connectivity index (χ3n) is 1.66. The highest BCUT2D eigenvalue weighted by molar-refractivity contribution is 7.80. The third-order valence-corrected chi connectivity index (χ3v) is 1.93. The fraction of sp³-hybridized carbons (Fsp3) is 0.222. The molecular weight excluding hydrogens is 170 g/mol. The van der Waals surface area contributed by atoms with Gasteiger partial charge in [-0.3, -0.25) is 4.79 Å². The molecule has 0 heterocycles. The Kier molecular flexibility index (Phi) is 2.76. The van der Waals surface area contributed by atoms with Crippen LogP contribution in [0.5, 0.6) is 0 Å². The zero-order chi connectivity index (χ0) is 9.14. The smallest absolute Gasteiger partial charge is 0.164 e. The molecule has 1 aromatic carbocycles. The predicted molar refractivity (Wildman–Crippen MR) is 52.7 cm³/mol. The Morgan fingerprint density at radius 3 is 2.75 bits per heavy atom. The zero-order valence-electron chi connectivity index (χ0n) is 6.87. The molecule has 0 amide bonds. The van der Waals surface area contributed by atoms with Crippen LogP contribution in [0.1, 0.15) is 23.7 Å². The lowest BCUT2D eigenvalue weighted by molar-refractivity contribution is 0.0989. The maximum atomic E-state index is 11.2. The lowest BCUT2D eigenvalue weighted by Crippen LogP contribution is -2.01. The number of thiol groups is 1. The molecule has 64 valence electrons. The second-order valence-corrected chi connectivity index (χ2v) is 3.06. The number of benzene rings is 1. The molecule has 0 radical (unpaired) electrons. The average Bonchev–Trinajstić information content (AvgIpc) is 2.03. The van der Waals surface area contributed by atoms with Crippen molar-refractivity contribution >= 4 is 24.1 Å². The fourth-order valence-electron chi connectivity index (χ4n) is 0.995. The zero-order valence-corrected chi connectivity index (χ0v) is 7.77. The van der Waals surface area contributed by atoms with Gasteiger partial charge in [0, 0.05) is 22.6 Å². The summed E-state index contributed by atoms with van der Waals surface area (Å²) < 4.78 is 0. The molecule has 0 aliphatic heterocycles. The quantitative estimate of drug-likeness (QED) is 0.417. The first-order valence-electron chi connectivity index (χ1n) is 3.77. The largest absolute Gasteiger partial charge is 0.398 e. The average molecular weight is 181 g/mol. The van der Waals surface area contributed by atoms with E-state index in [0.717, 1.165) is 4.90 Å². The number of carbonyl (C=O) groups excluding carboxylic acids is 1. The summed E-state index contributed by atoms with van der Waals surface area (Å²) in [6, 6.07) is 5.16. The monoisotopic (exact) mass is 181 g/mol. The van der Waals surface area contributed by atoms with Crippen LogP contribution in [0.15, 0.2) is 23.1 Å². The first kappa shape index (κ1) is 9.13. The molecule has 0 aliphatic rings. The van der Waals surface area contributed by atoms with Crippen LogP contribution in [-0.4, -0.2) is 5.78 Å². The Morgan fingerprint density at radius 2 is 2.25 bits per heavy atom. The molecule has 12 heavy (non-hydrogen) atoms. The van der Waals surface area contributed by atoms with E-state index in [1.807, 2.05) is 6.92 Å². The van der Waals surface area contributed by atoms with E-state index in [2.05, 4.69) is 12.6 Å². The summed E-state index contributed by atoms with van der Waals surface area (Å²) in [4.78, 5) is 12.0. The molecule has 3 heteroatoms. The molecule has 1 rings (SSSR count). The van der Waals surface area contributed by atoms with E-state index in [-0.39, 0.29) is 5.78 Å². The van der Waals surface area contributed by atoms with Crippen molar-refractivity contribution in [2.75, 3.05) is 5.73 Å². The van der Waals surface area contributed by atoms with Crippen LogP contribution in [0.3, 0.4) is 0 Å². The summed E-state index contributed by atoms with van der Waals surface area (Å²) in [6.45, 7) is 1.82. The van der Waals surface area contributed by atoms with Crippen LogP contribution in [0.4, 0.5) is 5.69 Å². The number of nitrogen functional groups attached to an aromatic ring is 1. The maximum Gasteiger partial charge on any atom is 0.164 e. The van der Waals surface area contributed by atoms with Gasteiger partial charge >= 0.3 is 0 Å². The molecule has 2 nitrogen and oxygen atoms in total. The van der Waals surface area contributed by atoms with E-state index < -0.39 is 0 Å². The molecule has 2 N–H and O–H groups in total. The van der Waals surface area contributed by atoms with Crippen LogP contribution in [0.25, 0.3) is 0 Å². The van der Waals surface area contributed by atoms with Crippen molar-refractivity contribution in [3.8, 4) is 0 Å². The minimum atomic E-state index is 0.0702. The standard InChI is InChI=1S/C9H11NOS/c1-2-9(11)7-4-3-6(12)5-8(7)10/h3-5,12H,2,10H2,1H3. The van der Waals surface area contributed by atoms with Gasteiger partial charge < -0.3 is 5.73 Å². The molecule has 0 saturated carbocycles. The molecule has 0 unspecified atom stereocenters. The number of nitrogens with two attached hydrogens (primary N) is 1. The van der Waals surface area contributed by atoms with Gasteiger partial charge in [0.15, 0.2) is 5.78 Å². The van der Waals surface area contributed by atoms with Gasteiger partial charge in [-0.2, -0.15) is 0 Å². The number of carbonyl (C=O) groups is 1. The first-order chi connectivity index (χ1) is 5.65. The molecule has 0 saturated heterocycles. The van der Waals surface area contributed by atoms with Crippen LogP contribution < -0.4 is 5.73 Å². The molecule has 1 aromatic rings. The number of rotatable bonds is 2. The number of hydrogen-bond donors (Lipinski definition) is 2. The topological polar surface area (TPSA) is 43.1 Å². The van der Waals surface area contributed by atoms with Crippen molar-refractivity contribution in [2.45, 2.75) is 18.2 Å². The Bertz CT molecular complexity index is 309. The van der Waals surface area contributed by atoms with Gasteiger partial charge in [-0.15, -0.1) is 12.6 Å². The second kappa shape index (κ2) is 3.63. The van der Waals surface area contributed by atoms with Gasteiger partial charge in [-0.1, -0.05) is 6.92 Å². The summed E-state index contributed by atoms with van der Waals surface area (Å²) in [5.41, 5.74) is 6.73. The molecule has 0 atom stereocenters. The predicted octanol–water partition coefficient (Wildman–Crippen LogP) is 2.15. The normalized spacial score (nSPS) is 9.83. The van der Waals surface area contributed by atoms with Gasteiger partial charge in [-0.05, 0) is 18.2 Å². The van der Waals surface area contributed by atoms with Crippen molar-refractivity contribution in [2.24, 2.45) is 0 Å². The SMILES string of the molecule is CCC(=O)c1ccc(S)cc1N. The van der Waals surface area contributed by atoms with Crippen LogP contribution >= 0.6 is 12.6 Å². The summed E-state index contributed by atoms with van der Waals surface area (Å²) >= 11 is 4.11. The van der Waals surface area contributed by atoms with Crippen LogP contribution in [-0.2, 0) is 0 Å². The van der Waals surface area contributed by atoms with E-state index in [1.165, 1.54) is 0 Å². The minimum absolute atomic E-state index is 0.0702. The fourth-order valence-corrected chi connectivity index (χ4v) is 1.21. The van der Waals surface area contributed by atoms with Crippen molar-refractivity contribution in [3.63, 3.8) is 0 Å². The van der Waals surface area contributed by atoms with Crippen LogP contribution in [0, 0.1) is 0 Å². The highest BCUT2D eigenvalue weighted by Crippen LogP contribution is 2.17. The van der Waals surface area contributed by atoms with Crippen molar-refractivity contribution in [1.29, 1.82) is 0 Å². The van der Waals surface area contributed by atoms with E-state index in [0.29, 0.717) is 17.7 Å². The highest BCUT2D eigenvalue weighted by atomic mass is 32.1. The van der Waals surface area contributed by atoms with Crippen molar-refractivity contribution in [1.82, 2.24) is 0 Å². The molecule has 0 aromatic heterocycles. The lowest BCUT2D eigenvalue weighted by atomic mass is 10.1. The van der Waals surface area contributed by atoms with E-state index in [4.69, 9.17) is 5.73 Å². The molecule has 0 aliphatic carbocycles. The number of ketones is 1. The van der Waals surface area contributed by atoms with E-state index >= 15 is 0 Å². The Balaban J connectivity index is 3.09. The van der Waals surface area contributed by atoms with E-state index in [1.54, 1.807) is 18.2 Å². The summed E-state index contributed by atoms with van der Waals surface area (Å²) in [6.07, 6.45) is 0.482. The lowest BCUT2D eigenvalue weighted by Gasteiger charge is -2.02. The van der Waals surface area contributed by atoms with E-state index in [9.17, 15) is 4.79 Å². The molecule has 0 spiro atoms. The summed E-state index contributed by atoms with van der Waals surface area (Å²) in [5.74, 6) is 0.0702. The van der Waals surface area contributed by atoms with Gasteiger partial charge in [0.2, 0.25) is 0 Å². The van der Waals surface area contributed by atoms with Gasteiger partial charge in [0.1, 0.15) is 0 Å².